The first-order chi connectivity index (χ1) is 7.15. The van der Waals surface area contributed by atoms with Gasteiger partial charge in [0.15, 0.2) is 0 Å². The molecule has 16 heavy (non-hydrogen) atoms. The molecule has 0 bridgehead atoms. The Morgan fingerprint density at radius 2 is 0.938 bits per heavy atom. The van der Waals surface area contributed by atoms with Crippen molar-refractivity contribution in [3.05, 3.63) is 0 Å². The van der Waals surface area contributed by atoms with Gasteiger partial charge in [0.25, 0.3) is 0 Å². The van der Waals surface area contributed by atoms with Gasteiger partial charge in [-0.3, -0.25) is 17.3 Å². The molecule has 0 spiro atoms. The second kappa shape index (κ2) is 13.5. The van der Waals surface area contributed by atoms with Gasteiger partial charge >= 0.3 is 13.4 Å². The predicted octanol–water partition coefficient (Wildman–Crippen LogP) is 3.79. The van der Waals surface area contributed by atoms with Crippen LogP contribution in [0.5, 0.6) is 0 Å². The van der Waals surface area contributed by atoms with E-state index in [0.29, 0.717) is 0 Å². The molecule has 0 fully saturated rings. The van der Waals surface area contributed by atoms with Crippen LogP contribution < -0.4 is 0 Å². The Hall–Kier alpha value is 0.390. The van der Waals surface area contributed by atoms with Crippen LogP contribution in [0.4, 0.5) is 17.3 Å². The average Bonchev–Trinajstić information content (AvgIpc) is 2.15. The third-order valence-corrected chi connectivity index (χ3v) is 2.29. The van der Waals surface area contributed by atoms with Gasteiger partial charge in [-0.2, -0.15) is 0 Å². The minimum atomic E-state index is -2.69. The van der Waals surface area contributed by atoms with Crippen LogP contribution in [0.1, 0.15) is 20.8 Å². The van der Waals surface area contributed by atoms with Crippen molar-refractivity contribution in [3.63, 3.8) is 0 Å². The molecule has 0 aromatic rings. The van der Waals surface area contributed by atoms with Gasteiger partial charge in [-0.15, -0.1) is 22.9 Å². The fourth-order valence-electron chi connectivity index (χ4n) is 0.671. The van der Waals surface area contributed by atoms with Crippen LogP contribution in [0.15, 0.2) is 0 Å². The fraction of sp³-hybridized carbons (Fsp3) is 1.00. The molecule has 0 aliphatic rings. The van der Waals surface area contributed by atoms with Crippen molar-refractivity contribution in [2.75, 3.05) is 26.7 Å². The SMILES string of the molecule is CC[N+](C)(CC)CC.FB(F)Cl.FB(F)Cl. The number of hydrogen-bond acceptors (Lipinski definition) is 0. The third-order valence-electron chi connectivity index (χ3n) is 2.29. The Bertz CT molecular complexity index is 120. The van der Waals surface area contributed by atoms with Crippen LogP contribution in [0, 0.1) is 0 Å². The van der Waals surface area contributed by atoms with Gasteiger partial charge in [-0.05, 0) is 20.8 Å². The lowest BCUT2D eigenvalue weighted by Gasteiger charge is -2.30. The zero-order valence-corrected chi connectivity index (χ0v) is 11.5. The Balaban J connectivity index is -0.000000179. The smallest absolute Gasteiger partial charge is 0.327 e. The summed E-state index contributed by atoms with van der Waals surface area (Å²) in [6, 6.07) is 0. The predicted molar refractivity (Wildman–Crippen MR) is 65.5 cm³/mol. The van der Waals surface area contributed by atoms with E-state index in [1.165, 1.54) is 24.1 Å². The Kier molecular flexibility index (Phi) is 18.2. The summed E-state index contributed by atoms with van der Waals surface area (Å²) in [5.74, 6) is 0. The monoisotopic (exact) mass is 284 g/mol. The van der Waals surface area contributed by atoms with Crippen molar-refractivity contribution in [3.8, 4) is 0 Å². The minimum absolute atomic E-state index is 1.21. The molecule has 9 heteroatoms. The summed E-state index contributed by atoms with van der Waals surface area (Å²) in [6.45, 7) is 5.11. The maximum absolute atomic E-state index is 10.1. The van der Waals surface area contributed by atoms with Gasteiger partial charge < -0.3 is 4.48 Å². The molecule has 98 valence electrons. The molecule has 0 aliphatic carbocycles. The molecular formula is C7H18B2Cl2F4N+. The first-order valence-corrected chi connectivity index (χ1v) is 5.70. The number of nitrogens with zero attached hydrogens (tertiary/aromatic N) is 1. The standard InChI is InChI=1S/C7H18N.2BClF2/c1-5-8(4,6-2)7-3;2*2-1(3)4/h5-7H2,1-4H3;;/q+1;;. The van der Waals surface area contributed by atoms with Gasteiger partial charge in [0.1, 0.15) is 0 Å². The van der Waals surface area contributed by atoms with Crippen LogP contribution in [0.25, 0.3) is 0 Å². The Morgan fingerprint density at radius 3 is 0.938 bits per heavy atom. The summed E-state index contributed by atoms with van der Waals surface area (Å²) in [4.78, 5) is 0. The van der Waals surface area contributed by atoms with E-state index in [9.17, 15) is 17.3 Å². The molecule has 0 aromatic heterocycles. The van der Waals surface area contributed by atoms with Gasteiger partial charge in [0, 0.05) is 0 Å². The molecule has 0 atom stereocenters. The zero-order valence-electron chi connectivity index (χ0n) is 9.99. The van der Waals surface area contributed by atoms with E-state index in [1.54, 1.807) is 0 Å². The molecule has 0 aliphatic heterocycles. The van der Waals surface area contributed by atoms with Crippen LogP contribution in [0.2, 0.25) is 0 Å². The zero-order chi connectivity index (χ0) is 13.8. The number of quaternary nitrogens is 1. The second-order valence-electron chi connectivity index (χ2n) is 3.06. The van der Waals surface area contributed by atoms with Crippen molar-refractivity contribution in [2.24, 2.45) is 0 Å². The van der Waals surface area contributed by atoms with E-state index in [2.05, 4.69) is 50.7 Å². The lowest BCUT2D eigenvalue weighted by Crippen LogP contribution is -2.42. The summed E-state index contributed by atoms with van der Waals surface area (Å²) >= 11 is 7.88. The van der Waals surface area contributed by atoms with Gasteiger partial charge in [0.2, 0.25) is 0 Å². The van der Waals surface area contributed by atoms with Crippen LogP contribution in [-0.4, -0.2) is 44.5 Å². The molecule has 0 rings (SSSR count). The van der Waals surface area contributed by atoms with E-state index in [1.807, 2.05) is 0 Å². The Labute approximate surface area is 106 Å². The summed E-state index contributed by atoms with van der Waals surface area (Å²) in [5, 5.41) is 0. The molecule has 0 aromatic carbocycles. The van der Waals surface area contributed by atoms with E-state index < -0.39 is 13.4 Å². The number of rotatable bonds is 3. The molecular weight excluding hydrogens is 267 g/mol. The first kappa shape index (κ1) is 21.7. The largest absolute Gasteiger partial charge is 0.650 e. The van der Waals surface area contributed by atoms with Crippen molar-refractivity contribution in [1.82, 2.24) is 0 Å². The highest BCUT2D eigenvalue weighted by Crippen LogP contribution is 1.97. The van der Waals surface area contributed by atoms with E-state index in [4.69, 9.17) is 0 Å². The molecule has 1 nitrogen and oxygen atoms in total. The van der Waals surface area contributed by atoms with Crippen molar-refractivity contribution in [1.29, 1.82) is 0 Å². The minimum Gasteiger partial charge on any atom is -0.327 e. The summed E-state index contributed by atoms with van der Waals surface area (Å²) in [7, 11) is 2.29. The topological polar surface area (TPSA) is 0 Å². The van der Waals surface area contributed by atoms with Crippen LogP contribution in [0.3, 0.4) is 0 Å². The normalized spacial score (nSPS) is 9.38. The van der Waals surface area contributed by atoms with Crippen molar-refractivity contribution in [2.45, 2.75) is 20.8 Å². The summed E-state index contributed by atoms with van der Waals surface area (Å²) < 4.78 is 41.6. The molecule has 0 amide bonds. The summed E-state index contributed by atoms with van der Waals surface area (Å²) in [5.41, 5.74) is 0. The maximum atomic E-state index is 10.1. The van der Waals surface area contributed by atoms with Gasteiger partial charge in [0.05, 0.1) is 26.7 Å². The van der Waals surface area contributed by atoms with Crippen LogP contribution in [-0.2, 0) is 0 Å². The molecule has 0 heterocycles. The van der Waals surface area contributed by atoms with E-state index in [0.717, 1.165) is 0 Å². The van der Waals surface area contributed by atoms with E-state index in [-0.39, 0.29) is 0 Å². The van der Waals surface area contributed by atoms with Crippen molar-refractivity contribution < 1.29 is 21.7 Å². The highest BCUT2D eigenvalue weighted by atomic mass is 35.5. The number of hydrogen-bond donors (Lipinski definition) is 0. The third kappa shape index (κ3) is 29.3. The summed E-state index contributed by atoms with van der Waals surface area (Å²) in [6.07, 6.45) is 0. The molecule has 0 N–H and O–H groups in total. The van der Waals surface area contributed by atoms with Crippen molar-refractivity contribution >= 4 is 36.3 Å². The Morgan fingerprint density at radius 1 is 0.812 bits per heavy atom. The highest BCUT2D eigenvalue weighted by molar-refractivity contribution is 6.98. The highest BCUT2D eigenvalue weighted by Gasteiger charge is 2.10. The lowest BCUT2D eigenvalue weighted by atomic mass is 10.4. The van der Waals surface area contributed by atoms with Gasteiger partial charge in [-0.1, -0.05) is 0 Å². The molecule has 0 unspecified atom stereocenters. The second-order valence-corrected chi connectivity index (χ2v) is 3.72. The molecule has 0 radical (unpaired) electrons. The molecule has 0 saturated carbocycles. The first-order valence-electron chi connectivity index (χ1n) is 4.83. The fourth-order valence-corrected chi connectivity index (χ4v) is 0.671. The average molecular weight is 285 g/mol. The lowest BCUT2D eigenvalue weighted by molar-refractivity contribution is -0.904. The van der Waals surface area contributed by atoms with Gasteiger partial charge in [-0.25, -0.2) is 0 Å². The van der Waals surface area contributed by atoms with E-state index >= 15 is 0 Å². The molecule has 0 saturated heterocycles. The van der Waals surface area contributed by atoms with Crippen LogP contribution >= 0.6 is 22.9 Å². The maximum Gasteiger partial charge on any atom is 0.650 e. The number of halogens is 6. The quantitative estimate of drug-likeness (QED) is 0.420.